The van der Waals surface area contributed by atoms with Gasteiger partial charge in [0.05, 0.1) is 12.2 Å². The van der Waals surface area contributed by atoms with Gasteiger partial charge in [-0.2, -0.15) is 0 Å². The van der Waals surface area contributed by atoms with Gasteiger partial charge in [0.2, 0.25) is 0 Å². The van der Waals surface area contributed by atoms with Crippen molar-refractivity contribution in [2.45, 2.75) is 76.9 Å². The fraction of sp³-hybridized carbons (Fsp3) is 0.750. The summed E-state index contributed by atoms with van der Waals surface area (Å²) >= 11 is 0. The third-order valence-electron chi connectivity index (χ3n) is 5.22. The van der Waals surface area contributed by atoms with Crippen LogP contribution >= 0.6 is 0 Å². The largest absolute Gasteiger partial charge is 0.481 e. The molecule has 5 nitrogen and oxygen atoms in total. The number of nitrogens with zero attached hydrogens (tertiary/aromatic N) is 1. The lowest BCUT2D eigenvalue weighted by molar-refractivity contribution is -0.137. The van der Waals surface area contributed by atoms with Gasteiger partial charge in [0.1, 0.15) is 5.78 Å². The Morgan fingerprint density at radius 2 is 1.92 bits per heavy atom. The highest BCUT2D eigenvalue weighted by Crippen LogP contribution is 2.45. The standard InChI is InChI=1S/C20H31NO4/c1-2-7-15(22)12-13-21-14-17-16(18-10-11-19(17)25-18)8-5-3-4-6-9-20(23)24/h3,5,13,16-19H,2,4,6-12,14H2,1H3,(H,23,24)/t16-,17+,18-,19+/m0/s1. The van der Waals surface area contributed by atoms with Gasteiger partial charge in [-0.1, -0.05) is 19.1 Å². The number of rotatable bonds is 12. The summed E-state index contributed by atoms with van der Waals surface area (Å²) in [5.74, 6) is 0.472. The van der Waals surface area contributed by atoms with Crippen LogP contribution in [0.4, 0.5) is 0 Å². The smallest absolute Gasteiger partial charge is 0.303 e. The predicted octanol–water partition coefficient (Wildman–Crippen LogP) is 3.81. The maximum absolute atomic E-state index is 11.5. The summed E-state index contributed by atoms with van der Waals surface area (Å²) in [6.45, 7) is 2.76. The molecular formula is C20H31NO4. The van der Waals surface area contributed by atoms with Crippen LogP contribution in [0.5, 0.6) is 0 Å². The molecular weight excluding hydrogens is 318 g/mol. The first-order valence-electron chi connectivity index (χ1n) is 9.64. The molecule has 2 aliphatic rings. The number of Topliss-reactive ketones (excluding diaryl/α,β-unsaturated/α-hetero) is 1. The van der Waals surface area contributed by atoms with Gasteiger partial charge in [-0.3, -0.25) is 14.6 Å². The van der Waals surface area contributed by atoms with E-state index in [-0.39, 0.29) is 12.2 Å². The number of ketones is 1. The molecule has 0 aromatic heterocycles. The zero-order chi connectivity index (χ0) is 18.1. The zero-order valence-corrected chi connectivity index (χ0v) is 15.2. The van der Waals surface area contributed by atoms with Gasteiger partial charge < -0.3 is 9.84 Å². The van der Waals surface area contributed by atoms with E-state index in [0.29, 0.717) is 43.3 Å². The molecule has 0 unspecified atom stereocenters. The second-order valence-corrected chi connectivity index (χ2v) is 7.15. The van der Waals surface area contributed by atoms with E-state index in [1.165, 1.54) is 0 Å². The van der Waals surface area contributed by atoms with E-state index in [4.69, 9.17) is 9.84 Å². The van der Waals surface area contributed by atoms with Gasteiger partial charge in [0.25, 0.3) is 0 Å². The Balaban J connectivity index is 1.74. The summed E-state index contributed by atoms with van der Waals surface area (Å²) in [6.07, 6.45) is 13.7. The average molecular weight is 349 g/mol. The minimum absolute atomic E-state index is 0.232. The third-order valence-corrected chi connectivity index (χ3v) is 5.22. The number of hydrogen-bond acceptors (Lipinski definition) is 4. The van der Waals surface area contributed by atoms with Crippen LogP contribution in [0.2, 0.25) is 0 Å². The number of carbonyl (C=O) groups excluding carboxylic acids is 1. The van der Waals surface area contributed by atoms with Gasteiger partial charge in [-0.05, 0) is 44.4 Å². The number of aliphatic imine (C=N–C) groups is 1. The Morgan fingerprint density at radius 1 is 1.16 bits per heavy atom. The molecule has 0 aromatic rings. The highest BCUT2D eigenvalue weighted by Gasteiger charge is 2.47. The minimum Gasteiger partial charge on any atom is -0.481 e. The second-order valence-electron chi connectivity index (χ2n) is 7.15. The molecule has 0 spiro atoms. The van der Waals surface area contributed by atoms with Crippen molar-refractivity contribution < 1.29 is 19.4 Å². The summed E-state index contributed by atoms with van der Waals surface area (Å²) in [5.41, 5.74) is 0. The van der Waals surface area contributed by atoms with Crippen molar-refractivity contribution in [1.29, 1.82) is 0 Å². The van der Waals surface area contributed by atoms with Crippen LogP contribution in [-0.4, -0.2) is 41.8 Å². The van der Waals surface area contributed by atoms with Crippen LogP contribution in [0.15, 0.2) is 17.1 Å². The van der Waals surface area contributed by atoms with Crippen molar-refractivity contribution in [2.24, 2.45) is 16.8 Å². The van der Waals surface area contributed by atoms with Gasteiger partial charge in [-0.15, -0.1) is 0 Å². The fourth-order valence-electron chi connectivity index (χ4n) is 3.94. The maximum atomic E-state index is 11.5. The Bertz CT molecular complexity index is 500. The molecule has 0 radical (unpaired) electrons. The molecule has 140 valence electrons. The Morgan fingerprint density at radius 3 is 2.64 bits per heavy atom. The van der Waals surface area contributed by atoms with Crippen LogP contribution in [0, 0.1) is 11.8 Å². The molecule has 4 atom stereocenters. The van der Waals surface area contributed by atoms with Gasteiger partial charge in [0.15, 0.2) is 0 Å². The van der Waals surface area contributed by atoms with Crippen molar-refractivity contribution in [3.8, 4) is 0 Å². The van der Waals surface area contributed by atoms with Crippen molar-refractivity contribution in [3.63, 3.8) is 0 Å². The molecule has 0 aliphatic carbocycles. The molecule has 2 rings (SSSR count). The molecule has 5 heteroatoms. The number of carboxylic acids is 1. The van der Waals surface area contributed by atoms with Crippen LogP contribution in [0.1, 0.15) is 64.7 Å². The van der Waals surface area contributed by atoms with E-state index in [0.717, 1.165) is 38.6 Å². The second kappa shape index (κ2) is 10.5. The zero-order valence-electron chi connectivity index (χ0n) is 15.2. The Labute approximate surface area is 150 Å². The molecule has 2 aliphatic heterocycles. The van der Waals surface area contributed by atoms with E-state index < -0.39 is 5.97 Å². The molecule has 2 bridgehead atoms. The SMILES string of the molecule is CCCC(=O)CC=NC[C@@H]1[C@H](CC=CCCCC(=O)O)[C@@H]2CC[C@H]1O2. The Kier molecular flexibility index (Phi) is 8.32. The van der Waals surface area contributed by atoms with Gasteiger partial charge >= 0.3 is 5.97 Å². The number of fused-ring (bicyclic) bond motifs is 2. The Hall–Kier alpha value is -1.49. The average Bonchev–Trinajstić information content (AvgIpc) is 3.16. The quantitative estimate of drug-likeness (QED) is 0.330. The van der Waals surface area contributed by atoms with E-state index in [1.54, 1.807) is 6.21 Å². The number of unbranched alkanes of at least 4 members (excludes halogenated alkanes) is 1. The molecule has 2 saturated heterocycles. The van der Waals surface area contributed by atoms with E-state index >= 15 is 0 Å². The molecule has 1 N–H and O–H groups in total. The topological polar surface area (TPSA) is 76.0 Å². The van der Waals surface area contributed by atoms with Gasteiger partial charge in [-0.25, -0.2) is 0 Å². The van der Waals surface area contributed by atoms with Crippen LogP contribution < -0.4 is 0 Å². The minimum atomic E-state index is -0.731. The fourth-order valence-corrected chi connectivity index (χ4v) is 3.94. The van der Waals surface area contributed by atoms with Crippen molar-refractivity contribution in [1.82, 2.24) is 0 Å². The van der Waals surface area contributed by atoms with Crippen molar-refractivity contribution in [2.75, 3.05) is 6.54 Å². The van der Waals surface area contributed by atoms with Crippen molar-refractivity contribution >= 4 is 18.0 Å². The lowest BCUT2D eigenvalue weighted by atomic mass is 9.77. The first-order chi connectivity index (χ1) is 12.1. The molecule has 0 amide bonds. The first-order valence-corrected chi connectivity index (χ1v) is 9.64. The molecule has 2 heterocycles. The summed E-state index contributed by atoms with van der Waals surface area (Å²) in [4.78, 5) is 26.5. The lowest BCUT2D eigenvalue weighted by Crippen LogP contribution is -2.29. The molecule has 25 heavy (non-hydrogen) atoms. The highest BCUT2D eigenvalue weighted by molar-refractivity contribution is 5.91. The van der Waals surface area contributed by atoms with E-state index in [1.807, 2.05) is 6.92 Å². The lowest BCUT2D eigenvalue weighted by Gasteiger charge is -2.25. The van der Waals surface area contributed by atoms with Crippen LogP contribution in [-0.2, 0) is 14.3 Å². The van der Waals surface area contributed by atoms with E-state index in [9.17, 15) is 9.59 Å². The summed E-state index contributed by atoms with van der Waals surface area (Å²) in [7, 11) is 0. The summed E-state index contributed by atoms with van der Waals surface area (Å²) < 4.78 is 6.07. The van der Waals surface area contributed by atoms with Crippen molar-refractivity contribution in [3.05, 3.63) is 12.2 Å². The van der Waals surface area contributed by atoms with Crippen LogP contribution in [0.25, 0.3) is 0 Å². The normalized spacial score (nSPS) is 28.4. The molecule has 2 fully saturated rings. The predicted molar refractivity (Wildman–Crippen MR) is 98.0 cm³/mol. The number of aliphatic carboxylic acids is 1. The number of carbonyl (C=O) groups is 2. The molecule has 0 saturated carbocycles. The first kappa shape index (κ1) is 19.8. The van der Waals surface area contributed by atoms with Gasteiger partial charge in [0, 0.05) is 37.9 Å². The summed E-state index contributed by atoms with van der Waals surface area (Å²) in [6, 6.07) is 0. The number of hydrogen-bond donors (Lipinski definition) is 1. The number of allylic oxidation sites excluding steroid dienone is 2. The van der Waals surface area contributed by atoms with E-state index in [2.05, 4.69) is 17.1 Å². The van der Waals surface area contributed by atoms with Crippen LogP contribution in [0.3, 0.4) is 0 Å². The third kappa shape index (κ3) is 6.38. The summed E-state index contributed by atoms with van der Waals surface area (Å²) in [5, 5.41) is 8.64. The monoisotopic (exact) mass is 349 g/mol. The maximum Gasteiger partial charge on any atom is 0.303 e. The molecule has 0 aromatic carbocycles. The highest BCUT2D eigenvalue weighted by atomic mass is 16.5. The number of ether oxygens (including phenoxy) is 1. The number of carboxylic acid groups (broad SMARTS) is 1.